The fourth-order valence-electron chi connectivity index (χ4n) is 3.43. The highest BCUT2D eigenvalue weighted by Crippen LogP contribution is 2.32. The van der Waals surface area contributed by atoms with E-state index >= 15 is 0 Å². The second-order valence-electron chi connectivity index (χ2n) is 6.41. The number of allylic oxidation sites excluding steroid dienone is 1. The van der Waals surface area contributed by atoms with E-state index < -0.39 is 10.8 Å². The Morgan fingerprint density at radius 3 is 2.73 bits per heavy atom. The molecule has 0 aromatic heterocycles. The van der Waals surface area contributed by atoms with Crippen LogP contribution in [-0.4, -0.2) is 46.8 Å². The van der Waals surface area contributed by atoms with Crippen LogP contribution in [0.15, 0.2) is 45.3 Å². The maximum Gasteiger partial charge on any atom is 0.270 e. The predicted octanol–water partition coefficient (Wildman–Crippen LogP) is 2.46. The normalized spacial score (nSPS) is 22.3. The van der Waals surface area contributed by atoms with E-state index in [-0.39, 0.29) is 11.6 Å². The first-order valence-electron chi connectivity index (χ1n) is 8.58. The van der Waals surface area contributed by atoms with Gasteiger partial charge in [-0.25, -0.2) is 4.99 Å². The second kappa shape index (κ2) is 6.62. The number of hydrogen-bond acceptors (Lipinski definition) is 6. The van der Waals surface area contributed by atoms with Gasteiger partial charge in [0, 0.05) is 31.4 Å². The van der Waals surface area contributed by atoms with Crippen molar-refractivity contribution in [2.24, 2.45) is 20.9 Å². The van der Waals surface area contributed by atoms with Gasteiger partial charge in [-0.3, -0.25) is 14.9 Å². The summed E-state index contributed by atoms with van der Waals surface area (Å²) in [5.74, 6) is -0.214. The summed E-state index contributed by atoms with van der Waals surface area (Å²) < 4.78 is 0. The summed E-state index contributed by atoms with van der Waals surface area (Å²) in [5, 5.41) is 11.0. The molecule has 0 aliphatic carbocycles. The van der Waals surface area contributed by atoms with Crippen molar-refractivity contribution < 1.29 is 9.72 Å². The zero-order valence-electron chi connectivity index (χ0n) is 14.0. The number of non-ortho nitro benzene ring substituents is 1. The number of benzene rings is 1. The fraction of sp³-hybridized carbons (Fsp3) is 0.333. The lowest BCUT2D eigenvalue weighted by atomic mass is 9.88. The molecule has 132 valence electrons. The number of guanidine groups is 1. The lowest BCUT2D eigenvalue weighted by Gasteiger charge is -2.30. The highest BCUT2D eigenvalue weighted by molar-refractivity contribution is 6.25. The smallest absolute Gasteiger partial charge is 0.270 e. The largest absolute Gasteiger partial charge is 0.341 e. The minimum absolute atomic E-state index is 0.0230. The van der Waals surface area contributed by atoms with Gasteiger partial charge in [-0.1, -0.05) is 12.1 Å². The van der Waals surface area contributed by atoms with Crippen LogP contribution in [-0.2, 0) is 4.79 Å². The molecule has 0 N–H and O–H groups in total. The van der Waals surface area contributed by atoms with Crippen LogP contribution in [0.2, 0.25) is 0 Å². The average molecular weight is 351 g/mol. The Bertz CT molecular complexity index is 894. The van der Waals surface area contributed by atoms with Crippen molar-refractivity contribution in [1.29, 1.82) is 0 Å². The van der Waals surface area contributed by atoms with Gasteiger partial charge in [0.2, 0.25) is 5.96 Å². The molecule has 0 radical (unpaired) electrons. The fourth-order valence-corrected chi connectivity index (χ4v) is 3.43. The van der Waals surface area contributed by atoms with Crippen molar-refractivity contribution in [3.63, 3.8) is 0 Å². The predicted molar refractivity (Wildman–Crippen MR) is 98.4 cm³/mol. The van der Waals surface area contributed by atoms with Gasteiger partial charge in [-0.15, -0.1) is 0 Å². The number of piperidine rings is 1. The first-order valence-corrected chi connectivity index (χ1v) is 8.58. The molecule has 1 fully saturated rings. The molecule has 1 amide bonds. The first-order chi connectivity index (χ1) is 12.6. The average Bonchev–Trinajstić information content (AvgIpc) is 2.68. The minimum atomic E-state index is -0.712. The van der Waals surface area contributed by atoms with E-state index in [0.717, 1.165) is 25.9 Å². The minimum Gasteiger partial charge on any atom is -0.341 e. The van der Waals surface area contributed by atoms with Crippen LogP contribution in [0.5, 0.6) is 0 Å². The summed E-state index contributed by atoms with van der Waals surface area (Å²) in [7, 11) is 0. The third-order valence-corrected chi connectivity index (χ3v) is 4.73. The Morgan fingerprint density at radius 2 is 1.96 bits per heavy atom. The topological polar surface area (TPSA) is 101 Å². The van der Waals surface area contributed by atoms with Gasteiger partial charge in [0.15, 0.2) is 0 Å². The molecule has 3 heterocycles. The Balaban J connectivity index is 1.67. The van der Waals surface area contributed by atoms with Crippen molar-refractivity contribution >= 4 is 35.2 Å². The van der Waals surface area contributed by atoms with Crippen molar-refractivity contribution in [3.05, 3.63) is 46.0 Å². The number of carbonyl (C=O) groups is 1. The van der Waals surface area contributed by atoms with Crippen LogP contribution < -0.4 is 0 Å². The zero-order chi connectivity index (χ0) is 18.1. The van der Waals surface area contributed by atoms with E-state index in [4.69, 9.17) is 0 Å². The zero-order valence-corrected chi connectivity index (χ0v) is 14.0. The molecule has 0 bridgehead atoms. The molecule has 26 heavy (non-hydrogen) atoms. The van der Waals surface area contributed by atoms with E-state index in [1.165, 1.54) is 18.6 Å². The van der Waals surface area contributed by atoms with E-state index in [1.54, 1.807) is 24.4 Å². The van der Waals surface area contributed by atoms with Gasteiger partial charge in [-0.2, -0.15) is 9.98 Å². The Hall–Kier alpha value is -3.16. The molecule has 1 unspecified atom stereocenters. The van der Waals surface area contributed by atoms with Crippen LogP contribution in [0.25, 0.3) is 5.57 Å². The third-order valence-electron chi connectivity index (χ3n) is 4.73. The van der Waals surface area contributed by atoms with E-state index in [1.807, 2.05) is 4.90 Å². The molecule has 1 aromatic carbocycles. The molecule has 1 saturated heterocycles. The Morgan fingerprint density at radius 1 is 1.15 bits per heavy atom. The first kappa shape index (κ1) is 16.3. The number of nitro groups is 1. The summed E-state index contributed by atoms with van der Waals surface area (Å²) in [4.78, 5) is 38.3. The number of likely N-dealkylation sites (tertiary alicyclic amines) is 1. The van der Waals surface area contributed by atoms with Crippen molar-refractivity contribution in [1.82, 2.24) is 4.90 Å². The number of amides is 1. The van der Waals surface area contributed by atoms with Crippen LogP contribution in [0, 0.1) is 16.0 Å². The summed E-state index contributed by atoms with van der Waals surface area (Å²) >= 11 is 0. The van der Waals surface area contributed by atoms with Crippen LogP contribution in [0.1, 0.15) is 24.8 Å². The number of nitrogens with zero attached hydrogens (tertiary/aromatic N) is 5. The lowest BCUT2D eigenvalue weighted by molar-refractivity contribution is -0.384. The van der Waals surface area contributed by atoms with Gasteiger partial charge in [0.1, 0.15) is 11.8 Å². The molecular formula is C18H17N5O3. The molecular weight excluding hydrogens is 334 g/mol. The standard InChI is InChI=1S/C18H17N5O3/c24-17-15-14(12-5-4-6-13(11-12)23(25)26)7-8-19-16(15)20-18(21-17)22-9-2-1-3-10-22/h4-8,11,15H,1-3,9-10H2. The summed E-state index contributed by atoms with van der Waals surface area (Å²) in [6, 6.07) is 6.23. The van der Waals surface area contributed by atoms with Gasteiger partial charge in [-0.05, 0) is 36.5 Å². The van der Waals surface area contributed by atoms with Crippen LogP contribution in [0.3, 0.4) is 0 Å². The van der Waals surface area contributed by atoms with Gasteiger partial charge in [0.05, 0.1) is 4.92 Å². The van der Waals surface area contributed by atoms with Crippen LogP contribution in [0.4, 0.5) is 5.69 Å². The summed E-state index contributed by atoms with van der Waals surface area (Å²) in [6.45, 7) is 1.68. The molecule has 1 aromatic rings. The quantitative estimate of drug-likeness (QED) is 0.603. The summed E-state index contributed by atoms with van der Waals surface area (Å²) in [6.07, 6.45) is 6.57. The van der Waals surface area contributed by atoms with Crippen molar-refractivity contribution in [3.8, 4) is 0 Å². The Kier molecular flexibility index (Phi) is 4.16. The number of rotatable bonds is 2. The Labute approximate surface area is 149 Å². The summed E-state index contributed by atoms with van der Waals surface area (Å²) in [5.41, 5.74) is 1.21. The molecule has 0 saturated carbocycles. The monoisotopic (exact) mass is 351 g/mol. The molecule has 4 rings (SSSR count). The van der Waals surface area contributed by atoms with E-state index in [0.29, 0.717) is 22.9 Å². The van der Waals surface area contributed by atoms with Crippen molar-refractivity contribution in [2.75, 3.05) is 13.1 Å². The number of dihydropyridines is 1. The highest BCUT2D eigenvalue weighted by Gasteiger charge is 2.35. The number of nitro benzene ring substituents is 1. The molecule has 3 aliphatic rings. The van der Waals surface area contributed by atoms with Gasteiger partial charge in [0.25, 0.3) is 11.6 Å². The molecule has 3 aliphatic heterocycles. The van der Waals surface area contributed by atoms with E-state index in [9.17, 15) is 14.9 Å². The molecule has 0 spiro atoms. The second-order valence-corrected chi connectivity index (χ2v) is 6.41. The van der Waals surface area contributed by atoms with Crippen molar-refractivity contribution in [2.45, 2.75) is 19.3 Å². The molecule has 8 heteroatoms. The number of aliphatic imine (C=N–C) groups is 3. The van der Waals surface area contributed by atoms with Crippen LogP contribution >= 0.6 is 0 Å². The number of carbonyl (C=O) groups excluding carboxylic acids is 1. The lowest BCUT2D eigenvalue weighted by Crippen LogP contribution is -2.40. The number of hydrogen-bond donors (Lipinski definition) is 0. The highest BCUT2D eigenvalue weighted by atomic mass is 16.6. The number of fused-ring (bicyclic) bond motifs is 1. The third kappa shape index (κ3) is 2.94. The molecule has 8 nitrogen and oxygen atoms in total. The van der Waals surface area contributed by atoms with E-state index in [2.05, 4.69) is 15.0 Å². The SMILES string of the molecule is O=C1N=C(N2CCCCC2)N=C2N=CC=C(c3cccc([N+](=O)[O-])c3)C12. The maximum atomic E-state index is 12.7. The number of amidine groups is 1. The maximum absolute atomic E-state index is 12.7. The molecule has 1 atom stereocenters. The van der Waals surface area contributed by atoms with Gasteiger partial charge >= 0.3 is 0 Å². The van der Waals surface area contributed by atoms with Gasteiger partial charge < -0.3 is 4.90 Å².